The van der Waals surface area contributed by atoms with Crippen molar-refractivity contribution < 1.29 is 22.4 Å². The largest absolute Gasteiger partial charge is 0.328 e. The van der Waals surface area contributed by atoms with E-state index in [1.807, 2.05) is 0 Å². The lowest BCUT2D eigenvalue weighted by molar-refractivity contribution is 0.208. The summed E-state index contributed by atoms with van der Waals surface area (Å²) >= 11 is 0. The molecule has 28 heavy (non-hydrogen) atoms. The molecule has 0 spiro atoms. The van der Waals surface area contributed by atoms with E-state index in [2.05, 4.69) is 10.3 Å². The minimum atomic E-state index is -1.16. The highest BCUT2D eigenvalue weighted by Crippen LogP contribution is 2.27. The monoisotopic (exact) mass is 393 g/mol. The second-order valence-electron chi connectivity index (χ2n) is 6.23. The van der Waals surface area contributed by atoms with Crippen molar-refractivity contribution in [3.8, 4) is 0 Å². The standard InChI is InChI=1S/C19H15F4N3O2/c1-9(26(2)19(28)25-10-3-4-14(20)15(21)5-10)13-8-24-18(27)12-7-17(23)16(22)6-11(12)13/h3-9H,1-2H3,(H,24,27)(H,25,28)/t9-/m0/s1. The highest BCUT2D eigenvalue weighted by atomic mass is 19.2. The molecular formula is C19H15F4N3O2. The number of aromatic amines is 1. The number of nitrogens with zero attached hydrogens (tertiary/aromatic N) is 1. The third-order valence-corrected chi connectivity index (χ3v) is 4.50. The summed E-state index contributed by atoms with van der Waals surface area (Å²) in [5.41, 5.74) is -0.183. The van der Waals surface area contributed by atoms with Crippen molar-refractivity contribution in [3.63, 3.8) is 0 Å². The zero-order valence-electron chi connectivity index (χ0n) is 14.8. The van der Waals surface area contributed by atoms with Crippen LogP contribution in [0.3, 0.4) is 0 Å². The normalized spacial score (nSPS) is 12.1. The predicted molar refractivity (Wildman–Crippen MR) is 96.0 cm³/mol. The molecule has 0 aliphatic rings. The molecule has 3 aromatic rings. The number of amides is 2. The van der Waals surface area contributed by atoms with E-state index in [0.717, 1.165) is 24.3 Å². The number of hydrogen-bond acceptors (Lipinski definition) is 2. The zero-order chi connectivity index (χ0) is 20.6. The quantitative estimate of drug-likeness (QED) is 0.652. The van der Waals surface area contributed by atoms with Crippen molar-refractivity contribution >= 4 is 22.5 Å². The van der Waals surface area contributed by atoms with Crippen LogP contribution in [0.15, 0.2) is 41.3 Å². The zero-order valence-corrected chi connectivity index (χ0v) is 14.8. The van der Waals surface area contributed by atoms with E-state index < -0.39 is 40.9 Å². The lowest BCUT2D eigenvalue weighted by Crippen LogP contribution is -2.34. The SMILES string of the molecule is C[C@@H](c1c[nH]c(=O)c2cc(F)c(F)cc12)N(C)C(=O)Nc1ccc(F)c(F)c1. The van der Waals surface area contributed by atoms with E-state index in [1.165, 1.54) is 24.2 Å². The Labute approximate surface area is 156 Å². The number of hydrogen-bond donors (Lipinski definition) is 2. The first kappa shape index (κ1) is 19.4. The third-order valence-electron chi connectivity index (χ3n) is 4.50. The van der Waals surface area contributed by atoms with Crippen molar-refractivity contribution in [1.82, 2.24) is 9.88 Å². The number of halogens is 4. The van der Waals surface area contributed by atoms with Gasteiger partial charge in [-0.2, -0.15) is 0 Å². The number of pyridine rings is 1. The number of H-pyrrole nitrogens is 1. The first-order valence-corrected chi connectivity index (χ1v) is 8.18. The van der Waals surface area contributed by atoms with Crippen LogP contribution in [-0.4, -0.2) is 23.0 Å². The molecule has 2 amide bonds. The lowest BCUT2D eigenvalue weighted by atomic mass is 10.0. The van der Waals surface area contributed by atoms with Gasteiger partial charge >= 0.3 is 6.03 Å². The molecule has 0 fully saturated rings. The van der Waals surface area contributed by atoms with E-state index in [9.17, 15) is 27.2 Å². The average molecular weight is 393 g/mol. The molecule has 1 atom stereocenters. The van der Waals surface area contributed by atoms with E-state index >= 15 is 0 Å². The number of carbonyl (C=O) groups excluding carboxylic acids is 1. The van der Waals surface area contributed by atoms with Gasteiger partial charge in [-0.05, 0) is 42.1 Å². The number of rotatable bonds is 3. The third kappa shape index (κ3) is 3.55. The molecule has 0 saturated heterocycles. The topological polar surface area (TPSA) is 65.2 Å². The van der Waals surface area contributed by atoms with Crippen LogP contribution in [-0.2, 0) is 0 Å². The Morgan fingerprint density at radius 3 is 2.25 bits per heavy atom. The number of anilines is 1. The maximum Gasteiger partial charge on any atom is 0.322 e. The van der Waals surface area contributed by atoms with Crippen LogP contribution in [0.5, 0.6) is 0 Å². The minimum absolute atomic E-state index is 0.0439. The van der Waals surface area contributed by atoms with E-state index in [1.54, 1.807) is 6.92 Å². The van der Waals surface area contributed by atoms with Crippen LogP contribution in [0.2, 0.25) is 0 Å². The van der Waals surface area contributed by atoms with Crippen LogP contribution in [0, 0.1) is 23.3 Å². The molecule has 0 radical (unpaired) electrons. The molecule has 1 heterocycles. The van der Waals surface area contributed by atoms with Crippen LogP contribution in [0.1, 0.15) is 18.5 Å². The van der Waals surface area contributed by atoms with Crippen LogP contribution in [0.25, 0.3) is 10.8 Å². The van der Waals surface area contributed by atoms with Gasteiger partial charge in [-0.3, -0.25) is 4.79 Å². The molecule has 2 N–H and O–H groups in total. The van der Waals surface area contributed by atoms with Gasteiger partial charge in [0.2, 0.25) is 0 Å². The summed E-state index contributed by atoms with van der Waals surface area (Å²) in [5.74, 6) is -4.45. The van der Waals surface area contributed by atoms with E-state index in [-0.39, 0.29) is 16.5 Å². The van der Waals surface area contributed by atoms with Gasteiger partial charge in [0.05, 0.1) is 11.4 Å². The Balaban J connectivity index is 1.92. The molecule has 5 nitrogen and oxygen atoms in total. The molecule has 2 aromatic carbocycles. The minimum Gasteiger partial charge on any atom is -0.328 e. The maximum absolute atomic E-state index is 13.7. The highest BCUT2D eigenvalue weighted by molar-refractivity contribution is 5.90. The first-order valence-electron chi connectivity index (χ1n) is 8.18. The fourth-order valence-corrected chi connectivity index (χ4v) is 2.79. The summed E-state index contributed by atoms with van der Waals surface area (Å²) in [6, 6.07) is 3.27. The Bertz CT molecular complexity index is 1130. The fraction of sp³-hybridized carbons (Fsp3) is 0.158. The van der Waals surface area contributed by atoms with Crippen LogP contribution in [0.4, 0.5) is 28.0 Å². The summed E-state index contributed by atoms with van der Waals surface area (Å²) in [4.78, 5) is 28.0. The Kier molecular flexibility index (Phi) is 5.08. The summed E-state index contributed by atoms with van der Waals surface area (Å²) in [6.45, 7) is 1.61. The van der Waals surface area contributed by atoms with Crippen molar-refractivity contribution in [2.75, 3.05) is 12.4 Å². The van der Waals surface area contributed by atoms with Crippen molar-refractivity contribution in [2.24, 2.45) is 0 Å². The summed E-state index contributed by atoms with van der Waals surface area (Å²) in [6.07, 6.45) is 1.31. The summed E-state index contributed by atoms with van der Waals surface area (Å²) in [7, 11) is 1.43. The van der Waals surface area contributed by atoms with Crippen molar-refractivity contribution in [2.45, 2.75) is 13.0 Å². The molecular weight excluding hydrogens is 378 g/mol. The van der Waals surface area contributed by atoms with Gasteiger partial charge in [-0.15, -0.1) is 0 Å². The van der Waals surface area contributed by atoms with Gasteiger partial charge < -0.3 is 15.2 Å². The van der Waals surface area contributed by atoms with Gasteiger partial charge in [0.1, 0.15) is 0 Å². The summed E-state index contributed by atoms with van der Waals surface area (Å²) < 4.78 is 53.5. The molecule has 1 aromatic heterocycles. The summed E-state index contributed by atoms with van der Waals surface area (Å²) in [5, 5.41) is 2.51. The molecule has 0 unspecified atom stereocenters. The Morgan fingerprint density at radius 1 is 1.00 bits per heavy atom. The number of urea groups is 1. The number of carbonyl (C=O) groups is 1. The smallest absolute Gasteiger partial charge is 0.322 e. The average Bonchev–Trinajstić information content (AvgIpc) is 2.65. The molecule has 9 heteroatoms. The number of fused-ring (bicyclic) bond motifs is 1. The van der Waals surface area contributed by atoms with E-state index in [0.29, 0.717) is 5.56 Å². The number of aromatic nitrogens is 1. The molecule has 146 valence electrons. The number of benzene rings is 2. The van der Waals surface area contributed by atoms with Crippen molar-refractivity contribution in [1.29, 1.82) is 0 Å². The number of nitrogens with one attached hydrogen (secondary N) is 2. The van der Waals surface area contributed by atoms with Gasteiger partial charge in [0.25, 0.3) is 5.56 Å². The maximum atomic E-state index is 13.7. The molecule has 0 aliphatic heterocycles. The molecule has 0 saturated carbocycles. The van der Waals surface area contributed by atoms with Gasteiger partial charge in [-0.1, -0.05) is 0 Å². The highest BCUT2D eigenvalue weighted by Gasteiger charge is 2.21. The lowest BCUT2D eigenvalue weighted by Gasteiger charge is -2.26. The van der Waals surface area contributed by atoms with Crippen molar-refractivity contribution in [3.05, 3.63) is 75.7 Å². The van der Waals surface area contributed by atoms with Gasteiger partial charge in [0, 0.05) is 25.0 Å². The molecule has 3 rings (SSSR count). The van der Waals surface area contributed by atoms with Crippen LogP contribution >= 0.6 is 0 Å². The Hall–Kier alpha value is -3.36. The Morgan fingerprint density at radius 2 is 1.61 bits per heavy atom. The fourth-order valence-electron chi connectivity index (χ4n) is 2.79. The van der Waals surface area contributed by atoms with E-state index in [4.69, 9.17) is 0 Å². The van der Waals surface area contributed by atoms with Gasteiger partial charge in [0.15, 0.2) is 23.3 Å². The van der Waals surface area contributed by atoms with Crippen LogP contribution < -0.4 is 10.9 Å². The predicted octanol–water partition coefficient (Wildman–Crippen LogP) is 4.31. The molecule has 0 aliphatic carbocycles. The second kappa shape index (κ2) is 7.34. The molecule has 0 bridgehead atoms. The first-order chi connectivity index (χ1) is 13.2. The second-order valence-corrected chi connectivity index (χ2v) is 6.23. The van der Waals surface area contributed by atoms with Gasteiger partial charge in [-0.25, -0.2) is 22.4 Å².